The first-order valence-electron chi connectivity index (χ1n) is 14.0. The molecule has 3 aliphatic rings. The second-order valence-corrected chi connectivity index (χ2v) is 11.9. The van der Waals surface area contributed by atoms with E-state index in [1.54, 1.807) is 23.1 Å². The molecule has 1 aliphatic carbocycles. The molecule has 2 aromatic carbocycles. The number of nitrogens with one attached hydrogen (secondary N) is 1. The Hall–Kier alpha value is -3.28. The third-order valence-electron chi connectivity index (χ3n) is 8.34. The van der Waals surface area contributed by atoms with Crippen LogP contribution < -0.4 is 5.32 Å². The second-order valence-electron chi connectivity index (χ2n) is 11.1. The van der Waals surface area contributed by atoms with Crippen molar-refractivity contribution in [1.82, 2.24) is 10.1 Å². The van der Waals surface area contributed by atoms with Gasteiger partial charge in [-0.1, -0.05) is 34.4 Å². The molecule has 228 valence electrons. The van der Waals surface area contributed by atoms with Gasteiger partial charge in [0.15, 0.2) is 0 Å². The highest BCUT2D eigenvalue weighted by atomic mass is 35.5. The number of esters is 1. The van der Waals surface area contributed by atoms with Crippen LogP contribution in [-0.4, -0.2) is 47.4 Å². The lowest BCUT2D eigenvalue weighted by Gasteiger charge is -2.38. The van der Waals surface area contributed by atoms with Crippen molar-refractivity contribution in [3.63, 3.8) is 0 Å². The summed E-state index contributed by atoms with van der Waals surface area (Å²) in [5, 5.41) is 7.82. The van der Waals surface area contributed by atoms with E-state index >= 15 is 0 Å². The highest BCUT2D eigenvalue weighted by Gasteiger charge is 2.44. The first-order valence-corrected chi connectivity index (χ1v) is 14.7. The number of nitrogens with zero attached hydrogens (tertiary/aromatic N) is 2. The van der Waals surface area contributed by atoms with Gasteiger partial charge in [-0.15, -0.1) is 0 Å². The molecule has 0 radical (unpaired) electrons. The standard InChI is InChI=1S/C30H28Cl2F3N3O5/c1-41-28(39)20-10-7-16(11-22(20)30(33,34)35)36-29(40)38-17-8-9-18(38)13-19(12-17)42-14-21-26(37-43-27(21)15-5-6-15)25-23(31)3-2-4-24(25)32/h2-4,7,10-11,15,17-19H,5-6,8-9,12-14H2,1H3,(H,36,40)/t17-,18?,19?/m0/s1. The van der Waals surface area contributed by atoms with Crippen LogP contribution in [0.3, 0.4) is 0 Å². The fraction of sp³-hybridized carbons (Fsp3) is 0.433. The van der Waals surface area contributed by atoms with Crippen molar-refractivity contribution >= 4 is 40.9 Å². The van der Waals surface area contributed by atoms with Gasteiger partial charge < -0.3 is 24.2 Å². The minimum absolute atomic E-state index is 0.0615. The van der Waals surface area contributed by atoms with Crippen LogP contribution in [0.15, 0.2) is 40.9 Å². The molecule has 43 heavy (non-hydrogen) atoms. The zero-order valence-corrected chi connectivity index (χ0v) is 24.6. The first-order chi connectivity index (χ1) is 20.5. The van der Waals surface area contributed by atoms with Crippen molar-refractivity contribution in [1.29, 1.82) is 0 Å². The van der Waals surface area contributed by atoms with Crippen LogP contribution in [0.1, 0.15) is 71.7 Å². The minimum Gasteiger partial charge on any atom is -0.465 e. The molecule has 2 unspecified atom stereocenters. The van der Waals surface area contributed by atoms with Gasteiger partial charge >= 0.3 is 18.2 Å². The van der Waals surface area contributed by atoms with Crippen molar-refractivity contribution in [2.45, 2.75) is 75.4 Å². The molecule has 3 fully saturated rings. The van der Waals surface area contributed by atoms with Gasteiger partial charge in [0.1, 0.15) is 11.5 Å². The summed E-state index contributed by atoms with van der Waals surface area (Å²) in [7, 11) is 1.01. The molecule has 1 N–H and O–H groups in total. The van der Waals surface area contributed by atoms with Crippen molar-refractivity contribution < 1.29 is 36.8 Å². The third kappa shape index (κ3) is 5.94. The number of aromatic nitrogens is 1. The van der Waals surface area contributed by atoms with Gasteiger partial charge in [0.25, 0.3) is 0 Å². The summed E-state index contributed by atoms with van der Waals surface area (Å²) >= 11 is 12.9. The number of urea groups is 1. The van der Waals surface area contributed by atoms with Crippen molar-refractivity contribution in [2.24, 2.45) is 0 Å². The number of amides is 2. The Balaban J connectivity index is 1.14. The highest BCUT2D eigenvalue weighted by molar-refractivity contribution is 6.39. The van der Waals surface area contributed by atoms with Gasteiger partial charge in [-0.05, 0) is 68.9 Å². The van der Waals surface area contributed by atoms with E-state index in [4.69, 9.17) is 32.5 Å². The van der Waals surface area contributed by atoms with Gasteiger partial charge in [0.2, 0.25) is 0 Å². The number of carbonyl (C=O) groups excluding carboxylic acids is 2. The average Bonchev–Trinajstić information content (AvgIpc) is 3.67. The van der Waals surface area contributed by atoms with Crippen LogP contribution >= 0.6 is 23.2 Å². The first kappa shape index (κ1) is 29.8. The SMILES string of the molecule is COC(=O)c1ccc(NC(=O)N2C3CC[C@H]2CC(OCc2c(-c4c(Cl)cccc4Cl)noc2C2CC2)C3)cc1C(F)(F)F. The molecule has 1 aromatic heterocycles. The Labute approximate surface area is 255 Å². The monoisotopic (exact) mass is 637 g/mol. The number of hydrogen-bond acceptors (Lipinski definition) is 6. The molecule has 0 spiro atoms. The number of carbonyl (C=O) groups is 2. The Morgan fingerprint density at radius 3 is 2.35 bits per heavy atom. The molecular weight excluding hydrogens is 610 g/mol. The quantitative estimate of drug-likeness (QED) is 0.263. The van der Waals surface area contributed by atoms with Crippen LogP contribution in [-0.2, 0) is 22.3 Å². The summed E-state index contributed by atoms with van der Waals surface area (Å²) in [4.78, 5) is 26.8. The van der Waals surface area contributed by atoms with E-state index in [0.29, 0.717) is 34.1 Å². The van der Waals surface area contributed by atoms with Crippen LogP contribution in [0.5, 0.6) is 0 Å². The van der Waals surface area contributed by atoms with Gasteiger partial charge in [-0.3, -0.25) is 0 Å². The smallest absolute Gasteiger partial charge is 0.417 e. The second kappa shape index (κ2) is 11.7. The Bertz CT molecular complexity index is 1520. The van der Waals surface area contributed by atoms with Gasteiger partial charge in [0.05, 0.1) is 41.0 Å². The van der Waals surface area contributed by atoms with Gasteiger partial charge in [-0.2, -0.15) is 13.2 Å². The molecule has 2 bridgehead atoms. The summed E-state index contributed by atoms with van der Waals surface area (Å²) in [5.41, 5.74) is 0.121. The van der Waals surface area contributed by atoms with E-state index in [1.807, 2.05) is 0 Å². The fourth-order valence-electron chi connectivity index (χ4n) is 6.18. The van der Waals surface area contributed by atoms with E-state index in [9.17, 15) is 22.8 Å². The van der Waals surface area contributed by atoms with Crippen molar-refractivity contribution in [3.8, 4) is 11.3 Å². The topological polar surface area (TPSA) is 93.9 Å². The van der Waals surface area contributed by atoms with Gasteiger partial charge in [0, 0.05) is 34.8 Å². The zero-order valence-electron chi connectivity index (χ0n) is 23.0. The molecule has 2 saturated heterocycles. The molecular formula is C30H28Cl2F3N3O5. The Morgan fingerprint density at radius 2 is 1.74 bits per heavy atom. The number of fused-ring (bicyclic) bond motifs is 2. The summed E-state index contributed by atoms with van der Waals surface area (Å²) in [6.07, 6.45) is -0.274. The lowest BCUT2D eigenvalue weighted by Crippen LogP contribution is -2.50. The molecule has 8 nitrogen and oxygen atoms in total. The summed E-state index contributed by atoms with van der Waals surface area (Å²) < 4.78 is 57.5. The number of hydrogen-bond donors (Lipinski definition) is 1. The van der Waals surface area contributed by atoms with E-state index in [2.05, 4.69) is 15.2 Å². The predicted octanol–water partition coefficient (Wildman–Crippen LogP) is 8.08. The summed E-state index contributed by atoms with van der Waals surface area (Å²) in [6, 6.07) is 7.50. The molecule has 13 heteroatoms. The number of alkyl halides is 3. The number of rotatable bonds is 7. The van der Waals surface area contributed by atoms with E-state index in [-0.39, 0.29) is 36.4 Å². The molecule has 3 aromatic rings. The number of methoxy groups -OCH3 is 1. The Kier molecular flexibility index (Phi) is 8.08. The number of anilines is 1. The zero-order chi connectivity index (χ0) is 30.5. The van der Waals surface area contributed by atoms with Crippen LogP contribution in [0, 0.1) is 0 Å². The lowest BCUT2D eigenvalue weighted by atomic mass is 9.99. The van der Waals surface area contributed by atoms with E-state index < -0.39 is 29.3 Å². The van der Waals surface area contributed by atoms with Crippen LogP contribution in [0.4, 0.5) is 23.7 Å². The molecule has 2 amide bonds. The minimum atomic E-state index is -4.81. The summed E-state index contributed by atoms with van der Waals surface area (Å²) in [5.74, 6) is -0.0487. The Morgan fingerprint density at radius 1 is 1.07 bits per heavy atom. The molecule has 3 heterocycles. The van der Waals surface area contributed by atoms with Crippen molar-refractivity contribution in [2.75, 3.05) is 12.4 Å². The maximum atomic E-state index is 13.6. The van der Waals surface area contributed by atoms with E-state index in [1.165, 1.54) is 6.07 Å². The maximum Gasteiger partial charge on any atom is 0.417 e. The average molecular weight is 638 g/mol. The summed E-state index contributed by atoms with van der Waals surface area (Å²) in [6.45, 7) is 0.245. The molecule has 3 atom stereocenters. The lowest BCUT2D eigenvalue weighted by molar-refractivity contribution is -0.138. The largest absolute Gasteiger partial charge is 0.465 e. The van der Waals surface area contributed by atoms with Gasteiger partial charge in [-0.25, -0.2) is 9.59 Å². The third-order valence-corrected chi connectivity index (χ3v) is 8.97. The van der Waals surface area contributed by atoms with Crippen LogP contribution in [0.25, 0.3) is 11.3 Å². The number of halogens is 5. The number of ether oxygens (including phenoxy) is 2. The number of piperidine rings is 1. The molecule has 2 aliphatic heterocycles. The highest BCUT2D eigenvalue weighted by Crippen LogP contribution is 2.47. The van der Waals surface area contributed by atoms with Crippen molar-refractivity contribution in [3.05, 3.63) is 68.9 Å². The molecule has 6 rings (SSSR count). The molecule has 1 saturated carbocycles. The number of benzene rings is 2. The van der Waals surface area contributed by atoms with Crippen LogP contribution in [0.2, 0.25) is 10.0 Å². The predicted molar refractivity (Wildman–Crippen MR) is 152 cm³/mol. The normalized spacial score (nSPS) is 21.6. The fourth-order valence-corrected chi connectivity index (χ4v) is 6.75. The maximum absolute atomic E-state index is 13.6. The van der Waals surface area contributed by atoms with E-state index in [0.717, 1.165) is 56.2 Å².